The van der Waals surface area contributed by atoms with Gasteiger partial charge in [0.2, 0.25) is 0 Å². The third-order valence-corrected chi connectivity index (χ3v) is 4.20. The highest BCUT2D eigenvalue weighted by Crippen LogP contribution is 2.23. The fourth-order valence-corrected chi connectivity index (χ4v) is 2.77. The van der Waals surface area contributed by atoms with Crippen molar-refractivity contribution in [2.45, 2.75) is 52.0 Å². The van der Waals surface area contributed by atoms with Gasteiger partial charge >= 0.3 is 0 Å². The van der Waals surface area contributed by atoms with Crippen LogP contribution in [0.1, 0.15) is 45.1 Å². The summed E-state index contributed by atoms with van der Waals surface area (Å²) < 4.78 is 2.40. The van der Waals surface area contributed by atoms with Crippen molar-refractivity contribution in [1.29, 1.82) is 0 Å². The van der Waals surface area contributed by atoms with E-state index in [1.54, 1.807) is 0 Å². The van der Waals surface area contributed by atoms with Crippen molar-refractivity contribution >= 4 is 31.9 Å². The monoisotopic (exact) mass is 375 g/mol. The van der Waals surface area contributed by atoms with Gasteiger partial charge in [-0.25, -0.2) is 0 Å². The molecule has 0 bridgehead atoms. The SMILES string of the molecule is CC(C)NCCCCCCc1cc(Br)ccc1Br. The Bertz CT molecular complexity index is 350. The maximum absolute atomic E-state index is 3.61. The van der Waals surface area contributed by atoms with Crippen molar-refractivity contribution in [3.05, 3.63) is 32.7 Å². The molecule has 0 saturated carbocycles. The first kappa shape index (κ1) is 16.2. The molecule has 0 fully saturated rings. The molecular weight excluding hydrogens is 354 g/mol. The van der Waals surface area contributed by atoms with E-state index in [2.05, 4.69) is 69.2 Å². The van der Waals surface area contributed by atoms with Gasteiger partial charge in [-0.2, -0.15) is 0 Å². The van der Waals surface area contributed by atoms with Crippen LogP contribution in [-0.2, 0) is 6.42 Å². The van der Waals surface area contributed by atoms with Gasteiger partial charge in [0, 0.05) is 15.0 Å². The van der Waals surface area contributed by atoms with Crippen LogP contribution in [0.5, 0.6) is 0 Å². The van der Waals surface area contributed by atoms with Crippen LogP contribution in [0.3, 0.4) is 0 Å². The van der Waals surface area contributed by atoms with Gasteiger partial charge < -0.3 is 5.32 Å². The maximum atomic E-state index is 3.61. The van der Waals surface area contributed by atoms with Crippen molar-refractivity contribution in [3.63, 3.8) is 0 Å². The van der Waals surface area contributed by atoms with Crippen LogP contribution in [0.25, 0.3) is 0 Å². The molecule has 0 unspecified atom stereocenters. The molecule has 0 saturated heterocycles. The summed E-state index contributed by atoms with van der Waals surface area (Å²) in [4.78, 5) is 0. The third-order valence-electron chi connectivity index (χ3n) is 2.93. The lowest BCUT2D eigenvalue weighted by Gasteiger charge is -2.08. The molecule has 1 nitrogen and oxygen atoms in total. The first-order chi connectivity index (χ1) is 8.59. The normalized spacial score (nSPS) is 11.2. The number of nitrogens with one attached hydrogen (secondary N) is 1. The zero-order chi connectivity index (χ0) is 13.4. The average molecular weight is 377 g/mol. The van der Waals surface area contributed by atoms with Crippen molar-refractivity contribution in [2.24, 2.45) is 0 Å². The molecule has 3 heteroatoms. The minimum atomic E-state index is 0.614. The fraction of sp³-hybridized carbons (Fsp3) is 0.600. The highest BCUT2D eigenvalue weighted by atomic mass is 79.9. The van der Waals surface area contributed by atoms with E-state index >= 15 is 0 Å². The standard InChI is InChI=1S/C15H23Br2N/c1-12(2)18-10-6-4-3-5-7-13-11-14(16)8-9-15(13)17/h8-9,11-12,18H,3-7,10H2,1-2H3. The number of hydrogen-bond acceptors (Lipinski definition) is 1. The van der Waals surface area contributed by atoms with Gasteiger partial charge in [-0.1, -0.05) is 58.5 Å². The van der Waals surface area contributed by atoms with Crippen LogP contribution < -0.4 is 5.32 Å². The molecule has 0 aliphatic rings. The average Bonchev–Trinajstić information content (AvgIpc) is 2.32. The highest BCUT2D eigenvalue weighted by molar-refractivity contribution is 9.11. The Hall–Kier alpha value is 0.140. The van der Waals surface area contributed by atoms with Crippen LogP contribution in [0.2, 0.25) is 0 Å². The fourth-order valence-electron chi connectivity index (χ4n) is 1.92. The Morgan fingerprint density at radius 3 is 2.50 bits per heavy atom. The molecule has 0 spiro atoms. The lowest BCUT2D eigenvalue weighted by Crippen LogP contribution is -2.23. The molecule has 0 aliphatic heterocycles. The minimum absolute atomic E-state index is 0.614. The van der Waals surface area contributed by atoms with E-state index in [1.807, 2.05) is 0 Å². The zero-order valence-electron chi connectivity index (χ0n) is 11.3. The number of benzene rings is 1. The number of unbranched alkanes of at least 4 members (excludes halogenated alkanes) is 3. The molecule has 1 aromatic carbocycles. The molecule has 0 amide bonds. The molecule has 1 N–H and O–H groups in total. The third kappa shape index (κ3) is 6.91. The first-order valence-corrected chi connectivity index (χ1v) is 8.35. The van der Waals surface area contributed by atoms with E-state index in [4.69, 9.17) is 0 Å². The van der Waals surface area contributed by atoms with E-state index < -0.39 is 0 Å². The van der Waals surface area contributed by atoms with Crippen LogP contribution >= 0.6 is 31.9 Å². The summed E-state index contributed by atoms with van der Waals surface area (Å²) in [7, 11) is 0. The number of aryl methyl sites for hydroxylation is 1. The number of halogens is 2. The Balaban J connectivity index is 2.12. The molecule has 102 valence electrons. The molecular formula is C15H23Br2N. The molecule has 18 heavy (non-hydrogen) atoms. The van der Waals surface area contributed by atoms with Crippen molar-refractivity contribution < 1.29 is 0 Å². The van der Waals surface area contributed by atoms with Gasteiger partial charge in [-0.15, -0.1) is 0 Å². The molecule has 1 aromatic rings. The quantitative estimate of drug-likeness (QED) is 0.606. The lowest BCUT2D eigenvalue weighted by molar-refractivity contribution is 0.541. The molecule has 1 rings (SSSR count). The van der Waals surface area contributed by atoms with Gasteiger partial charge in [0.1, 0.15) is 0 Å². The number of hydrogen-bond donors (Lipinski definition) is 1. The summed E-state index contributed by atoms with van der Waals surface area (Å²) in [6.45, 7) is 5.55. The van der Waals surface area contributed by atoms with Crippen LogP contribution in [0.4, 0.5) is 0 Å². The van der Waals surface area contributed by atoms with E-state index in [9.17, 15) is 0 Å². The largest absolute Gasteiger partial charge is 0.315 e. The topological polar surface area (TPSA) is 12.0 Å². The number of rotatable bonds is 8. The predicted octanol–water partition coefficient (Wildman–Crippen LogP) is 5.31. The van der Waals surface area contributed by atoms with Crippen molar-refractivity contribution in [1.82, 2.24) is 5.32 Å². The second-order valence-corrected chi connectivity index (χ2v) is 6.78. The van der Waals surface area contributed by atoms with Crippen LogP contribution in [0, 0.1) is 0 Å². The van der Waals surface area contributed by atoms with Gasteiger partial charge in [0.25, 0.3) is 0 Å². The van der Waals surface area contributed by atoms with Crippen LogP contribution in [0.15, 0.2) is 27.1 Å². The summed E-state index contributed by atoms with van der Waals surface area (Å²) in [5.74, 6) is 0. The Morgan fingerprint density at radius 1 is 1.06 bits per heavy atom. The smallest absolute Gasteiger partial charge is 0.0208 e. The first-order valence-electron chi connectivity index (χ1n) is 6.77. The minimum Gasteiger partial charge on any atom is -0.315 e. The van der Waals surface area contributed by atoms with Gasteiger partial charge in [0.15, 0.2) is 0 Å². The van der Waals surface area contributed by atoms with Gasteiger partial charge in [-0.05, 0) is 49.6 Å². The van der Waals surface area contributed by atoms with Gasteiger partial charge in [0.05, 0.1) is 0 Å². The molecule has 0 atom stereocenters. The second kappa shape index (κ2) is 9.11. The summed E-state index contributed by atoms with van der Waals surface area (Å²) >= 11 is 7.13. The molecule has 0 aliphatic carbocycles. The summed E-state index contributed by atoms with van der Waals surface area (Å²) in [5, 5.41) is 3.46. The summed E-state index contributed by atoms with van der Waals surface area (Å²) in [5.41, 5.74) is 1.41. The lowest BCUT2D eigenvalue weighted by atomic mass is 10.1. The molecule has 0 heterocycles. The van der Waals surface area contributed by atoms with E-state index in [0.717, 1.165) is 13.0 Å². The zero-order valence-corrected chi connectivity index (χ0v) is 14.5. The highest BCUT2D eigenvalue weighted by Gasteiger charge is 2.00. The summed E-state index contributed by atoms with van der Waals surface area (Å²) in [6.07, 6.45) is 6.37. The van der Waals surface area contributed by atoms with Crippen molar-refractivity contribution in [3.8, 4) is 0 Å². The van der Waals surface area contributed by atoms with Gasteiger partial charge in [-0.3, -0.25) is 0 Å². The second-order valence-electron chi connectivity index (χ2n) is 5.01. The van der Waals surface area contributed by atoms with E-state index in [-0.39, 0.29) is 0 Å². The van der Waals surface area contributed by atoms with Crippen LogP contribution in [-0.4, -0.2) is 12.6 Å². The van der Waals surface area contributed by atoms with E-state index in [1.165, 1.54) is 40.2 Å². The Labute approximate surface area is 128 Å². The summed E-state index contributed by atoms with van der Waals surface area (Å²) in [6, 6.07) is 7.02. The molecule has 0 aromatic heterocycles. The predicted molar refractivity (Wildman–Crippen MR) is 87.2 cm³/mol. The Kier molecular flexibility index (Phi) is 8.20. The molecule has 0 radical (unpaired) electrons. The maximum Gasteiger partial charge on any atom is 0.0208 e. The van der Waals surface area contributed by atoms with E-state index in [0.29, 0.717) is 6.04 Å². The van der Waals surface area contributed by atoms with Crippen molar-refractivity contribution in [2.75, 3.05) is 6.54 Å². The Morgan fingerprint density at radius 2 is 1.78 bits per heavy atom.